The predicted octanol–water partition coefficient (Wildman–Crippen LogP) is 2.64. The Morgan fingerprint density at radius 3 is 2.30 bits per heavy atom. The van der Waals surface area contributed by atoms with Gasteiger partial charge in [0.05, 0.1) is 5.56 Å². The van der Waals surface area contributed by atoms with Crippen LogP contribution in [0.5, 0.6) is 0 Å². The molecule has 2 aliphatic heterocycles. The third kappa shape index (κ3) is 4.11. The maximum atomic E-state index is 13.3. The lowest BCUT2D eigenvalue weighted by Crippen LogP contribution is -2.52. The SMILES string of the molecule is O=C(N[C@@H]1C(=O)Nc2nc(N3CCCCC3)[nH]c(=O)c2[C@H]1c1ccccc1)c1ccccc1. The van der Waals surface area contributed by atoms with Crippen molar-refractivity contribution in [2.45, 2.75) is 31.2 Å². The standard InChI is InChI=1S/C25H25N5O3/c31-22(17-12-6-2-7-13-17)26-20-18(16-10-4-1-5-11-16)19-21(27-24(20)33)28-25(29-23(19)32)30-14-8-3-9-15-30/h1-2,4-7,10-13,18,20H,3,8-9,14-15H2,(H,26,31)(H2,27,28,29,32,33)/t18-,20+/m1/s1. The van der Waals surface area contributed by atoms with Gasteiger partial charge in [-0.05, 0) is 37.0 Å². The van der Waals surface area contributed by atoms with E-state index in [1.54, 1.807) is 24.3 Å². The highest BCUT2D eigenvalue weighted by atomic mass is 16.2. The van der Waals surface area contributed by atoms with Crippen molar-refractivity contribution >= 4 is 23.6 Å². The van der Waals surface area contributed by atoms with Gasteiger partial charge in [0, 0.05) is 24.6 Å². The van der Waals surface area contributed by atoms with Crippen LogP contribution in [0.4, 0.5) is 11.8 Å². The summed E-state index contributed by atoms with van der Waals surface area (Å²) in [5.41, 5.74) is 1.23. The zero-order valence-corrected chi connectivity index (χ0v) is 18.1. The van der Waals surface area contributed by atoms with Crippen LogP contribution in [0.25, 0.3) is 0 Å². The van der Waals surface area contributed by atoms with Crippen molar-refractivity contribution in [3.05, 3.63) is 87.7 Å². The van der Waals surface area contributed by atoms with Crippen molar-refractivity contribution in [2.75, 3.05) is 23.3 Å². The van der Waals surface area contributed by atoms with E-state index in [1.165, 1.54) is 0 Å². The molecule has 1 fully saturated rings. The number of aromatic nitrogens is 2. The molecular weight excluding hydrogens is 418 g/mol. The number of benzene rings is 2. The van der Waals surface area contributed by atoms with Crippen LogP contribution in [0.1, 0.15) is 46.7 Å². The molecule has 2 atom stereocenters. The summed E-state index contributed by atoms with van der Waals surface area (Å²) in [6, 6.07) is 17.0. The van der Waals surface area contributed by atoms with Crippen LogP contribution in [0.15, 0.2) is 65.5 Å². The van der Waals surface area contributed by atoms with Gasteiger partial charge in [0.1, 0.15) is 11.9 Å². The normalized spacial score (nSPS) is 20.0. The molecule has 1 aromatic heterocycles. The van der Waals surface area contributed by atoms with E-state index in [0.717, 1.165) is 37.9 Å². The lowest BCUT2D eigenvalue weighted by atomic mass is 9.82. The minimum absolute atomic E-state index is 0.253. The van der Waals surface area contributed by atoms with E-state index in [0.29, 0.717) is 17.1 Å². The number of fused-ring (bicyclic) bond motifs is 1. The van der Waals surface area contributed by atoms with Crippen molar-refractivity contribution < 1.29 is 9.59 Å². The minimum atomic E-state index is -0.962. The van der Waals surface area contributed by atoms with Gasteiger partial charge < -0.3 is 15.5 Å². The molecule has 3 aromatic rings. The number of nitrogens with one attached hydrogen (secondary N) is 3. The van der Waals surface area contributed by atoms with E-state index in [-0.39, 0.29) is 17.3 Å². The summed E-state index contributed by atoms with van der Waals surface area (Å²) >= 11 is 0. The number of hydrogen-bond donors (Lipinski definition) is 3. The summed E-state index contributed by atoms with van der Waals surface area (Å²) < 4.78 is 0. The molecule has 3 heterocycles. The van der Waals surface area contributed by atoms with Gasteiger partial charge in [0.15, 0.2) is 0 Å². The van der Waals surface area contributed by atoms with Gasteiger partial charge in [-0.1, -0.05) is 48.5 Å². The van der Waals surface area contributed by atoms with E-state index in [2.05, 4.69) is 20.6 Å². The molecule has 2 aliphatic rings. The molecule has 0 unspecified atom stereocenters. The first-order valence-corrected chi connectivity index (χ1v) is 11.2. The molecule has 1 saturated heterocycles. The molecular formula is C25H25N5O3. The Labute approximate surface area is 191 Å². The Balaban J connectivity index is 1.56. The summed E-state index contributed by atoms with van der Waals surface area (Å²) in [4.78, 5) is 49.0. The molecule has 2 aromatic carbocycles. The topological polar surface area (TPSA) is 107 Å². The molecule has 2 amide bonds. The van der Waals surface area contributed by atoms with Gasteiger partial charge in [-0.3, -0.25) is 19.4 Å². The Morgan fingerprint density at radius 2 is 1.61 bits per heavy atom. The van der Waals surface area contributed by atoms with Crippen LogP contribution in [0.3, 0.4) is 0 Å². The fraction of sp³-hybridized carbons (Fsp3) is 0.280. The maximum Gasteiger partial charge on any atom is 0.258 e. The van der Waals surface area contributed by atoms with Crippen molar-refractivity contribution in [1.29, 1.82) is 0 Å². The fourth-order valence-electron chi connectivity index (χ4n) is 4.60. The molecule has 0 spiro atoms. The molecule has 8 heteroatoms. The third-order valence-corrected chi connectivity index (χ3v) is 6.25. The number of carbonyl (C=O) groups excluding carboxylic acids is 2. The van der Waals surface area contributed by atoms with Crippen molar-refractivity contribution in [1.82, 2.24) is 15.3 Å². The molecule has 168 valence electrons. The van der Waals surface area contributed by atoms with Gasteiger partial charge in [-0.2, -0.15) is 4.98 Å². The van der Waals surface area contributed by atoms with E-state index < -0.39 is 17.9 Å². The first-order chi connectivity index (χ1) is 16.1. The van der Waals surface area contributed by atoms with Crippen molar-refractivity contribution in [3.8, 4) is 0 Å². The smallest absolute Gasteiger partial charge is 0.258 e. The quantitative estimate of drug-likeness (QED) is 0.575. The molecule has 0 saturated carbocycles. The number of aromatic amines is 1. The number of H-pyrrole nitrogens is 1. The first-order valence-electron chi connectivity index (χ1n) is 11.2. The number of anilines is 2. The van der Waals surface area contributed by atoms with E-state index in [1.807, 2.05) is 41.3 Å². The lowest BCUT2D eigenvalue weighted by Gasteiger charge is -2.34. The molecule has 0 aliphatic carbocycles. The molecule has 3 N–H and O–H groups in total. The zero-order chi connectivity index (χ0) is 22.8. The summed E-state index contributed by atoms with van der Waals surface area (Å²) in [6.07, 6.45) is 3.22. The highest BCUT2D eigenvalue weighted by molar-refractivity contribution is 6.03. The van der Waals surface area contributed by atoms with Crippen LogP contribution in [0.2, 0.25) is 0 Å². The average Bonchev–Trinajstić information content (AvgIpc) is 2.86. The largest absolute Gasteiger partial charge is 0.342 e. The van der Waals surface area contributed by atoms with Crippen LogP contribution in [-0.4, -0.2) is 40.9 Å². The molecule has 0 bridgehead atoms. The number of amides is 2. The number of nitrogens with zero attached hydrogens (tertiary/aromatic N) is 2. The number of piperidine rings is 1. The van der Waals surface area contributed by atoms with Crippen molar-refractivity contribution in [2.24, 2.45) is 0 Å². The second-order valence-corrected chi connectivity index (χ2v) is 8.39. The van der Waals surface area contributed by atoms with Crippen LogP contribution in [-0.2, 0) is 4.79 Å². The maximum absolute atomic E-state index is 13.3. The minimum Gasteiger partial charge on any atom is -0.342 e. The Hall–Kier alpha value is -3.94. The van der Waals surface area contributed by atoms with Crippen LogP contribution < -0.4 is 21.1 Å². The summed E-state index contributed by atoms with van der Waals surface area (Å²) in [5, 5.41) is 5.61. The Kier molecular flexibility index (Phi) is 5.64. The van der Waals surface area contributed by atoms with E-state index in [9.17, 15) is 14.4 Å². The Bertz CT molecular complexity index is 1220. The average molecular weight is 444 g/mol. The summed E-state index contributed by atoms with van der Waals surface area (Å²) in [5.74, 6) is -0.729. The number of carbonyl (C=O) groups is 2. The highest BCUT2D eigenvalue weighted by Gasteiger charge is 2.41. The van der Waals surface area contributed by atoms with Gasteiger partial charge in [-0.25, -0.2) is 0 Å². The number of hydrogen-bond acceptors (Lipinski definition) is 5. The van der Waals surface area contributed by atoms with Crippen LogP contribution >= 0.6 is 0 Å². The number of rotatable bonds is 4. The second kappa shape index (κ2) is 8.90. The lowest BCUT2D eigenvalue weighted by molar-refractivity contribution is -0.118. The van der Waals surface area contributed by atoms with Crippen molar-refractivity contribution in [3.63, 3.8) is 0 Å². The fourth-order valence-corrected chi connectivity index (χ4v) is 4.60. The highest BCUT2D eigenvalue weighted by Crippen LogP contribution is 2.35. The predicted molar refractivity (Wildman–Crippen MR) is 126 cm³/mol. The molecule has 0 radical (unpaired) electrons. The van der Waals surface area contributed by atoms with E-state index >= 15 is 0 Å². The summed E-state index contributed by atoms with van der Waals surface area (Å²) in [6.45, 7) is 1.63. The third-order valence-electron chi connectivity index (χ3n) is 6.25. The zero-order valence-electron chi connectivity index (χ0n) is 18.1. The summed E-state index contributed by atoms with van der Waals surface area (Å²) in [7, 11) is 0. The van der Waals surface area contributed by atoms with Gasteiger partial charge in [0.25, 0.3) is 11.5 Å². The molecule has 8 nitrogen and oxygen atoms in total. The van der Waals surface area contributed by atoms with Crippen LogP contribution in [0, 0.1) is 0 Å². The van der Waals surface area contributed by atoms with Gasteiger partial charge in [-0.15, -0.1) is 0 Å². The molecule has 33 heavy (non-hydrogen) atoms. The van der Waals surface area contributed by atoms with Gasteiger partial charge in [0.2, 0.25) is 11.9 Å². The first kappa shape index (κ1) is 20.9. The van der Waals surface area contributed by atoms with Gasteiger partial charge >= 0.3 is 0 Å². The monoisotopic (exact) mass is 443 g/mol. The Morgan fingerprint density at radius 1 is 0.939 bits per heavy atom. The second-order valence-electron chi connectivity index (χ2n) is 8.39. The molecule has 5 rings (SSSR count). The van der Waals surface area contributed by atoms with E-state index in [4.69, 9.17) is 0 Å².